The predicted octanol–water partition coefficient (Wildman–Crippen LogP) is 1.45. The van der Waals surface area contributed by atoms with Crippen LogP contribution in [-0.2, 0) is 13.0 Å². The molecule has 4 N–H and O–H groups in total. The maximum Gasteiger partial charge on any atom is 0.251 e. The van der Waals surface area contributed by atoms with Crippen molar-refractivity contribution < 1.29 is 4.79 Å². The predicted molar refractivity (Wildman–Crippen MR) is 71.2 cm³/mol. The fraction of sp³-hybridized carbons (Fsp3) is 0.214. The molecule has 94 valence electrons. The van der Waals surface area contributed by atoms with Crippen LogP contribution in [0.15, 0.2) is 42.6 Å². The van der Waals surface area contributed by atoms with Crippen LogP contribution in [0.5, 0.6) is 0 Å². The summed E-state index contributed by atoms with van der Waals surface area (Å²) in [5.41, 5.74) is 8.29. The molecule has 2 aromatic rings. The van der Waals surface area contributed by atoms with Crippen LogP contribution >= 0.6 is 0 Å². The molecule has 1 heterocycles. The van der Waals surface area contributed by atoms with Gasteiger partial charge in [-0.05, 0) is 29.8 Å². The number of hydrogen-bond donors (Lipinski definition) is 3. The maximum absolute atomic E-state index is 11.9. The third kappa shape index (κ3) is 3.21. The molecule has 4 nitrogen and oxygen atoms in total. The summed E-state index contributed by atoms with van der Waals surface area (Å²) in [4.78, 5) is 15.0. The Morgan fingerprint density at radius 3 is 2.89 bits per heavy atom. The van der Waals surface area contributed by atoms with Crippen LogP contribution in [0.25, 0.3) is 0 Å². The zero-order chi connectivity index (χ0) is 12.8. The third-order valence-electron chi connectivity index (χ3n) is 2.77. The van der Waals surface area contributed by atoms with Gasteiger partial charge in [0.05, 0.1) is 0 Å². The summed E-state index contributed by atoms with van der Waals surface area (Å²) in [7, 11) is 0. The van der Waals surface area contributed by atoms with Crippen molar-refractivity contribution >= 4 is 5.91 Å². The van der Waals surface area contributed by atoms with Crippen LogP contribution in [0.2, 0.25) is 0 Å². The van der Waals surface area contributed by atoms with Crippen LogP contribution in [0.3, 0.4) is 0 Å². The summed E-state index contributed by atoms with van der Waals surface area (Å²) in [6.45, 7) is 1.07. The van der Waals surface area contributed by atoms with Crippen molar-refractivity contribution in [2.75, 3.05) is 6.54 Å². The Balaban J connectivity index is 1.87. The summed E-state index contributed by atoms with van der Waals surface area (Å²) < 4.78 is 0. The van der Waals surface area contributed by atoms with Crippen molar-refractivity contribution in [3.63, 3.8) is 0 Å². The molecule has 0 atom stereocenters. The zero-order valence-electron chi connectivity index (χ0n) is 10.1. The number of amides is 1. The second-order valence-corrected chi connectivity index (χ2v) is 4.11. The van der Waals surface area contributed by atoms with Gasteiger partial charge < -0.3 is 16.0 Å². The van der Waals surface area contributed by atoms with E-state index in [0.29, 0.717) is 18.7 Å². The molecule has 0 aliphatic heterocycles. The number of hydrogen-bond acceptors (Lipinski definition) is 2. The lowest BCUT2D eigenvalue weighted by molar-refractivity contribution is 0.0954. The first-order valence-corrected chi connectivity index (χ1v) is 5.99. The van der Waals surface area contributed by atoms with Crippen LogP contribution in [0, 0.1) is 0 Å². The van der Waals surface area contributed by atoms with E-state index in [1.165, 1.54) is 0 Å². The van der Waals surface area contributed by atoms with Crippen LogP contribution in [0.1, 0.15) is 21.6 Å². The van der Waals surface area contributed by atoms with Gasteiger partial charge in [0.15, 0.2) is 0 Å². The minimum atomic E-state index is -0.0585. The van der Waals surface area contributed by atoms with Crippen LogP contribution < -0.4 is 11.1 Å². The van der Waals surface area contributed by atoms with Gasteiger partial charge in [-0.15, -0.1) is 0 Å². The standard InChI is InChI=1S/C14H17N3O/c15-10-11-3-1-4-12(9-11)14(18)17-8-6-13-5-2-7-16-13/h1-5,7,9,16H,6,8,10,15H2,(H,17,18). The van der Waals surface area contributed by atoms with E-state index in [2.05, 4.69) is 10.3 Å². The molecule has 1 aromatic heterocycles. The number of aromatic nitrogens is 1. The highest BCUT2D eigenvalue weighted by molar-refractivity contribution is 5.94. The second-order valence-electron chi connectivity index (χ2n) is 4.11. The number of carbonyl (C=O) groups is 1. The number of carbonyl (C=O) groups excluding carboxylic acids is 1. The van der Waals surface area contributed by atoms with Gasteiger partial charge in [-0.3, -0.25) is 4.79 Å². The first-order valence-electron chi connectivity index (χ1n) is 5.99. The van der Waals surface area contributed by atoms with Crippen molar-refractivity contribution in [3.8, 4) is 0 Å². The smallest absolute Gasteiger partial charge is 0.251 e. The molecule has 0 unspecified atom stereocenters. The van der Waals surface area contributed by atoms with Gasteiger partial charge in [0.25, 0.3) is 5.91 Å². The van der Waals surface area contributed by atoms with Crippen molar-refractivity contribution in [2.24, 2.45) is 5.73 Å². The summed E-state index contributed by atoms with van der Waals surface area (Å²) in [6.07, 6.45) is 2.68. The van der Waals surface area contributed by atoms with Gasteiger partial charge in [-0.1, -0.05) is 12.1 Å². The minimum Gasteiger partial charge on any atom is -0.365 e. The molecule has 1 aromatic carbocycles. The quantitative estimate of drug-likeness (QED) is 0.743. The highest BCUT2D eigenvalue weighted by Gasteiger charge is 2.05. The number of rotatable bonds is 5. The van der Waals surface area contributed by atoms with Crippen LogP contribution in [-0.4, -0.2) is 17.4 Å². The van der Waals surface area contributed by atoms with Gasteiger partial charge in [-0.2, -0.15) is 0 Å². The molecule has 0 fully saturated rings. The van der Waals surface area contributed by atoms with Gasteiger partial charge in [0.2, 0.25) is 0 Å². The van der Waals surface area contributed by atoms with E-state index in [-0.39, 0.29) is 5.91 Å². The zero-order valence-corrected chi connectivity index (χ0v) is 10.1. The lowest BCUT2D eigenvalue weighted by atomic mass is 10.1. The fourth-order valence-corrected chi connectivity index (χ4v) is 1.78. The first-order chi connectivity index (χ1) is 8.79. The number of aromatic amines is 1. The van der Waals surface area contributed by atoms with Crippen molar-refractivity contribution in [2.45, 2.75) is 13.0 Å². The highest BCUT2D eigenvalue weighted by atomic mass is 16.1. The fourth-order valence-electron chi connectivity index (χ4n) is 1.78. The van der Waals surface area contributed by atoms with E-state index < -0.39 is 0 Å². The van der Waals surface area contributed by atoms with Crippen LogP contribution in [0.4, 0.5) is 0 Å². The Kier molecular flexibility index (Phi) is 4.15. The Hall–Kier alpha value is -2.07. The molecule has 2 rings (SSSR count). The third-order valence-corrected chi connectivity index (χ3v) is 2.77. The van der Waals surface area contributed by atoms with Crippen molar-refractivity contribution in [3.05, 3.63) is 59.4 Å². The Bertz CT molecular complexity index is 506. The molecule has 18 heavy (non-hydrogen) atoms. The molecule has 4 heteroatoms. The molecule has 0 saturated heterocycles. The van der Waals surface area contributed by atoms with Gasteiger partial charge in [0, 0.05) is 37.0 Å². The second kappa shape index (κ2) is 6.02. The lowest BCUT2D eigenvalue weighted by Crippen LogP contribution is -2.25. The molecular formula is C14H17N3O. The molecule has 0 saturated carbocycles. The summed E-state index contributed by atoms with van der Waals surface area (Å²) in [5.74, 6) is -0.0585. The molecular weight excluding hydrogens is 226 g/mol. The summed E-state index contributed by atoms with van der Waals surface area (Å²) in [5, 5.41) is 2.89. The average Bonchev–Trinajstić information content (AvgIpc) is 2.92. The van der Waals surface area contributed by atoms with Gasteiger partial charge in [-0.25, -0.2) is 0 Å². The minimum absolute atomic E-state index is 0.0585. The SMILES string of the molecule is NCc1cccc(C(=O)NCCc2ccc[nH]2)c1. The normalized spacial score (nSPS) is 10.3. The molecule has 0 spiro atoms. The number of nitrogens with two attached hydrogens (primary N) is 1. The van der Waals surface area contributed by atoms with Gasteiger partial charge in [0.1, 0.15) is 0 Å². The topological polar surface area (TPSA) is 70.9 Å². The first kappa shape index (κ1) is 12.4. The molecule has 0 radical (unpaired) electrons. The summed E-state index contributed by atoms with van der Waals surface area (Å²) in [6, 6.07) is 11.3. The van der Waals surface area contributed by atoms with Crippen molar-refractivity contribution in [1.29, 1.82) is 0 Å². The maximum atomic E-state index is 11.9. The molecule has 0 bridgehead atoms. The highest BCUT2D eigenvalue weighted by Crippen LogP contribution is 2.04. The van der Waals surface area contributed by atoms with E-state index in [0.717, 1.165) is 17.7 Å². The monoisotopic (exact) mass is 243 g/mol. The van der Waals surface area contributed by atoms with Gasteiger partial charge >= 0.3 is 0 Å². The molecule has 0 aliphatic carbocycles. The van der Waals surface area contributed by atoms with Crippen molar-refractivity contribution in [1.82, 2.24) is 10.3 Å². The van der Waals surface area contributed by atoms with E-state index in [1.807, 2.05) is 36.5 Å². The number of benzene rings is 1. The lowest BCUT2D eigenvalue weighted by Gasteiger charge is -2.05. The Labute approximate surface area is 106 Å². The number of nitrogens with one attached hydrogen (secondary N) is 2. The van der Waals surface area contributed by atoms with E-state index in [1.54, 1.807) is 6.07 Å². The molecule has 1 amide bonds. The summed E-state index contributed by atoms with van der Waals surface area (Å²) >= 11 is 0. The Morgan fingerprint density at radius 2 is 2.17 bits per heavy atom. The van der Waals surface area contributed by atoms with E-state index in [4.69, 9.17) is 5.73 Å². The van der Waals surface area contributed by atoms with E-state index in [9.17, 15) is 4.79 Å². The average molecular weight is 243 g/mol. The largest absolute Gasteiger partial charge is 0.365 e. The number of H-pyrrole nitrogens is 1. The molecule has 0 aliphatic rings. The Morgan fingerprint density at radius 1 is 1.28 bits per heavy atom. The van der Waals surface area contributed by atoms with E-state index >= 15 is 0 Å².